The van der Waals surface area contributed by atoms with Crippen LogP contribution in [0.5, 0.6) is 0 Å². The van der Waals surface area contributed by atoms with Crippen LogP contribution in [0, 0.1) is 6.92 Å². The molecule has 2 aromatic rings. The molecule has 1 aliphatic rings. The summed E-state index contributed by atoms with van der Waals surface area (Å²) < 4.78 is 8.40. The highest BCUT2D eigenvalue weighted by Gasteiger charge is 2.22. The molecule has 3 rings (SSSR count). The lowest BCUT2D eigenvalue weighted by Crippen LogP contribution is -2.24. The Kier molecular flexibility index (Phi) is 5.44. The second-order valence-corrected chi connectivity index (χ2v) is 6.57. The summed E-state index contributed by atoms with van der Waals surface area (Å²) in [5.74, 6) is 0. The van der Waals surface area contributed by atoms with Gasteiger partial charge in [0, 0.05) is 5.56 Å². The van der Waals surface area contributed by atoms with Crippen LogP contribution in [0.1, 0.15) is 63.7 Å². The number of hydrogen-bond donors (Lipinski definition) is 0. The van der Waals surface area contributed by atoms with Crippen molar-refractivity contribution < 1.29 is 4.74 Å². The van der Waals surface area contributed by atoms with E-state index in [0.29, 0.717) is 6.10 Å². The monoisotopic (exact) mass is 313 g/mol. The van der Waals surface area contributed by atoms with Crippen LogP contribution in [0.2, 0.25) is 0 Å². The third kappa shape index (κ3) is 3.99. The van der Waals surface area contributed by atoms with E-state index in [2.05, 4.69) is 48.4 Å². The van der Waals surface area contributed by atoms with Crippen LogP contribution in [-0.4, -0.2) is 21.1 Å². The SMILES string of the molecule is CCCC(OC1CCCCC1)n1nncc1-c1ccc(C)cc1. The molecule has 0 saturated heterocycles. The lowest BCUT2D eigenvalue weighted by atomic mass is 9.98. The smallest absolute Gasteiger partial charge is 0.152 e. The lowest BCUT2D eigenvalue weighted by Gasteiger charge is -2.28. The zero-order valence-corrected chi connectivity index (χ0v) is 14.2. The zero-order chi connectivity index (χ0) is 16.1. The number of aryl methyl sites for hydroxylation is 1. The maximum atomic E-state index is 6.42. The van der Waals surface area contributed by atoms with E-state index in [1.165, 1.54) is 37.7 Å². The second kappa shape index (κ2) is 7.73. The summed E-state index contributed by atoms with van der Waals surface area (Å²) in [6.07, 6.45) is 10.5. The van der Waals surface area contributed by atoms with Gasteiger partial charge in [-0.05, 0) is 26.2 Å². The Morgan fingerprint density at radius 3 is 2.61 bits per heavy atom. The van der Waals surface area contributed by atoms with Crippen LogP contribution >= 0.6 is 0 Å². The maximum Gasteiger partial charge on any atom is 0.152 e. The van der Waals surface area contributed by atoms with E-state index in [-0.39, 0.29) is 6.23 Å². The zero-order valence-electron chi connectivity index (χ0n) is 14.2. The van der Waals surface area contributed by atoms with Crippen LogP contribution in [0.3, 0.4) is 0 Å². The van der Waals surface area contributed by atoms with Gasteiger partial charge in [-0.2, -0.15) is 0 Å². The number of nitrogens with zero attached hydrogens (tertiary/aromatic N) is 3. The summed E-state index contributed by atoms with van der Waals surface area (Å²) in [6, 6.07) is 8.52. The van der Waals surface area contributed by atoms with E-state index in [1.54, 1.807) is 0 Å². The Labute approximate surface area is 138 Å². The van der Waals surface area contributed by atoms with Crippen molar-refractivity contribution in [3.63, 3.8) is 0 Å². The summed E-state index contributed by atoms with van der Waals surface area (Å²) in [5.41, 5.74) is 3.45. The van der Waals surface area contributed by atoms with Gasteiger partial charge in [-0.1, -0.05) is 67.6 Å². The Bertz CT molecular complexity index is 599. The van der Waals surface area contributed by atoms with E-state index in [9.17, 15) is 0 Å². The Morgan fingerprint density at radius 1 is 1.17 bits per heavy atom. The number of rotatable bonds is 6. The number of benzene rings is 1. The van der Waals surface area contributed by atoms with Crippen LogP contribution in [0.25, 0.3) is 11.3 Å². The predicted molar refractivity (Wildman–Crippen MR) is 92.1 cm³/mol. The van der Waals surface area contributed by atoms with Crippen molar-refractivity contribution >= 4 is 0 Å². The van der Waals surface area contributed by atoms with Gasteiger partial charge in [0.15, 0.2) is 6.23 Å². The van der Waals surface area contributed by atoms with Crippen molar-refractivity contribution in [1.82, 2.24) is 15.0 Å². The molecule has 1 saturated carbocycles. The summed E-state index contributed by atoms with van der Waals surface area (Å²) >= 11 is 0. The minimum atomic E-state index is -0.0121. The van der Waals surface area contributed by atoms with Gasteiger partial charge in [0.1, 0.15) is 0 Å². The van der Waals surface area contributed by atoms with Crippen LogP contribution < -0.4 is 0 Å². The average molecular weight is 313 g/mol. The molecule has 1 heterocycles. The van der Waals surface area contributed by atoms with Crippen LogP contribution in [0.4, 0.5) is 0 Å². The molecule has 4 heteroatoms. The third-order valence-corrected chi connectivity index (χ3v) is 4.63. The molecule has 0 amide bonds. The van der Waals surface area contributed by atoms with Crippen molar-refractivity contribution in [2.75, 3.05) is 0 Å². The summed E-state index contributed by atoms with van der Waals surface area (Å²) in [4.78, 5) is 0. The molecule has 0 spiro atoms. The molecular weight excluding hydrogens is 286 g/mol. The fourth-order valence-electron chi connectivity index (χ4n) is 3.31. The fourth-order valence-corrected chi connectivity index (χ4v) is 3.31. The molecule has 1 aromatic carbocycles. The van der Waals surface area contributed by atoms with Crippen molar-refractivity contribution in [3.05, 3.63) is 36.0 Å². The minimum Gasteiger partial charge on any atom is -0.353 e. The molecule has 0 N–H and O–H groups in total. The van der Waals surface area contributed by atoms with Gasteiger partial charge in [-0.25, -0.2) is 4.68 Å². The van der Waals surface area contributed by atoms with Crippen molar-refractivity contribution in [2.24, 2.45) is 0 Å². The molecular formula is C19H27N3O. The van der Waals surface area contributed by atoms with E-state index in [0.717, 1.165) is 24.1 Å². The molecule has 0 aliphatic heterocycles. The van der Waals surface area contributed by atoms with Gasteiger partial charge >= 0.3 is 0 Å². The predicted octanol–water partition coefficient (Wildman–Crippen LogP) is 4.90. The Hall–Kier alpha value is -1.68. The molecule has 23 heavy (non-hydrogen) atoms. The maximum absolute atomic E-state index is 6.42. The second-order valence-electron chi connectivity index (χ2n) is 6.57. The number of aromatic nitrogens is 3. The molecule has 0 radical (unpaired) electrons. The first-order chi connectivity index (χ1) is 11.3. The molecule has 0 bridgehead atoms. The van der Waals surface area contributed by atoms with Crippen molar-refractivity contribution in [2.45, 2.75) is 71.1 Å². The van der Waals surface area contributed by atoms with Gasteiger partial charge in [0.25, 0.3) is 0 Å². The average Bonchev–Trinajstić information content (AvgIpc) is 3.06. The Balaban J connectivity index is 1.82. The van der Waals surface area contributed by atoms with Gasteiger partial charge in [0.2, 0.25) is 0 Å². The van der Waals surface area contributed by atoms with E-state index >= 15 is 0 Å². The highest BCUT2D eigenvalue weighted by Crippen LogP contribution is 2.29. The van der Waals surface area contributed by atoms with Gasteiger partial charge in [-0.3, -0.25) is 0 Å². The van der Waals surface area contributed by atoms with Gasteiger partial charge < -0.3 is 4.74 Å². The van der Waals surface area contributed by atoms with Crippen molar-refractivity contribution in [3.8, 4) is 11.3 Å². The van der Waals surface area contributed by atoms with Crippen LogP contribution in [0.15, 0.2) is 30.5 Å². The number of ether oxygens (including phenoxy) is 1. The summed E-state index contributed by atoms with van der Waals surface area (Å²) in [6.45, 7) is 4.30. The van der Waals surface area contributed by atoms with E-state index in [4.69, 9.17) is 4.74 Å². The van der Waals surface area contributed by atoms with Crippen LogP contribution in [-0.2, 0) is 4.74 Å². The molecule has 1 aromatic heterocycles. The normalized spacial score (nSPS) is 17.3. The molecule has 4 nitrogen and oxygen atoms in total. The standard InChI is InChI=1S/C19H27N3O/c1-3-7-19(23-17-8-5-4-6-9-17)22-18(14-20-21-22)16-12-10-15(2)11-13-16/h10-14,17,19H,3-9H2,1-2H3. The van der Waals surface area contributed by atoms with Crippen molar-refractivity contribution in [1.29, 1.82) is 0 Å². The van der Waals surface area contributed by atoms with E-state index in [1.807, 2.05) is 10.9 Å². The summed E-state index contributed by atoms with van der Waals surface area (Å²) in [5, 5.41) is 8.49. The summed E-state index contributed by atoms with van der Waals surface area (Å²) in [7, 11) is 0. The molecule has 124 valence electrons. The lowest BCUT2D eigenvalue weighted by molar-refractivity contribution is -0.0779. The molecule has 1 atom stereocenters. The molecule has 1 aliphatic carbocycles. The fraction of sp³-hybridized carbons (Fsp3) is 0.579. The third-order valence-electron chi connectivity index (χ3n) is 4.63. The highest BCUT2D eigenvalue weighted by molar-refractivity contribution is 5.58. The van der Waals surface area contributed by atoms with E-state index < -0.39 is 0 Å². The molecule has 1 fully saturated rings. The number of hydrogen-bond acceptors (Lipinski definition) is 3. The largest absolute Gasteiger partial charge is 0.353 e. The first-order valence-corrected chi connectivity index (χ1v) is 8.90. The quantitative estimate of drug-likeness (QED) is 0.761. The first-order valence-electron chi connectivity index (χ1n) is 8.90. The van der Waals surface area contributed by atoms with Gasteiger partial charge in [-0.15, -0.1) is 5.10 Å². The Morgan fingerprint density at radius 2 is 1.91 bits per heavy atom. The van der Waals surface area contributed by atoms with Gasteiger partial charge in [0.05, 0.1) is 18.0 Å². The first kappa shape index (κ1) is 16.2. The highest BCUT2D eigenvalue weighted by atomic mass is 16.5. The minimum absolute atomic E-state index is 0.0121. The topological polar surface area (TPSA) is 39.9 Å². The molecule has 1 unspecified atom stereocenters.